The normalized spacial score (nSPS) is 13.9. The Bertz CT molecular complexity index is 1520. The lowest BCUT2D eigenvalue weighted by Crippen LogP contribution is -2.39. The van der Waals surface area contributed by atoms with E-state index in [1.165, 1.54) is 0 Å². The van der Waals surface area contributed by atoms with E-state index in [4.69, 9.17) is 4.74 Å². The number of ether oxygens (including phenoxy) is 1. The highest BCUT2D eigenvalue weighted by atomic mass is 16.5. The van der Waals surface area contributed by atoms with Gasteiger partial charge in [-0.1, -0.05) is 42.5 Å². The Labute approximate surface area is 227 Å². The van der Waals surface area contributed by atoms with Crippen LogP contribution in [0.5, 0.6) is 5.75 Å². The molecular weight excluding hydrogens is 490 g/mol. The summed E-state index contributed by atoms with van der Waals surface area (Å²) in [5, 5.41) is 16.9. The Morgan fingerprint density at radius 2 is 1.87 bits per heavy atom. The summed E-state index contributed by atoms with van der Waals surface area (Å²) in [5.74, 6) is 0.203. The first-order valence-corrected chi connectivity index (χ1v) is 13.3. The Kier molecular flexibility index (Phi) is 8.08. The lowest BCUT2D eigenvalue weighted by molar-refractivity contribution is 0.0911. The maximum absolute atomic E-state index is 13.6. The minimum Gasteiger partial charge on any atom is -0.492 e. The van der Waals surface area contributed by atoms with Crippen molar-refractivity contribution in [3.63, 3.8) is 0 Å². The predicted molar refractivity (Wildman–Crippen MR) is 154 cm³/mol. The van der Waals surface area contributed by atoms with Crippen molar-refractivity contribution in [3.05, 3.63) is 100 Å². The third-order valence-corrected chi connectivity index (χ3v) is 7.06. The average molecular weight is 524 g/mol. The lowest BCUT2D eigenvalue weighted by atomic mass is 9.98. The molecule has 1 aliphatic rings. The minimum absolute atomic E-state index is 0.141. The summed E-state index contributed by atoms with van der Waals surface area (Å²) in [6, 6.07) is 18.8. The second kappa shape index (κ2) is 12.0. The maximum atomic E-state index is 13.6. The fourth-order valence-corrected chi connectivity index (χ4v) is 5.04. The van der Waals surface area contributed by atoms with Crippen molar-refractivity contribution in [2.75, 3.05) is 20.3 Å². The van der Waals surface area contributed by atoms with E-state index >= 15 is 0 Å². The predicted octanol–water partition coefficient (Wildman–Crippen LogP) is 4.75. The van der Waals surface area contributed by atoms with Gasteiger partial charge in [0.05, 0.1) is 24.8 Å². The molecule has 2 amide bonds. The smallest absolute Gasteiger partial charge is 0.255 e. The highest BCUT2D eigenvalue weighted by Gasteiger charge is 2.22. The molecule has 1 atom stereocenters. The molecule has 0 radical (unpaired) electrons. The first-order chi connectivity index (χ1) is 19.1. The van der Waals surface area contributed by atoms with Gasteiger partial charge in [0, 0.05) is 29.7 Å². The van der Waals surface area contributed by atoms with Crippen molar-refractivity contribution in [3.8, 4) is 5.75 Å². The van der Waals surface area contributed by atoms with Crippen LogP contribution < -0.4 is 15.4 Å². The Morgan fingerprint density at radius 1 is 1.03 bits per heavy atom. The van der Waals surface area contributed by atoms with Crippen molar-refractivity contribution in [2.24, 2.45) is 0 Å². The topological polar surface area (TPSA) is 103 Å². The van der Waals surface area contributed by atoms with E-state index < -0.39 is 6.04 Å². The summed E-state index contributed by atoms with van der Waals surface area (Å²) in [7, 11) is 1.61. The van der Waals surface area contributed by atoms with E-state index in [9.17, 15) is 14.7 Å². The third kappa shape index (κ3) is 6.04. The zero-order chi connectivity index (χ0) is 27.2. The first-order valence-electron chi connectivity index (χ1n) is 13.3. The van der Waals surface area contributed by atoms with E-state index in [1.54, 1.807) is 13.1 Å². The van der Waals surface area contributed by atoms with Crippen LogP contribution in [0.4, 0.5) is 0 Å². The monoisotopic (exact) mass is 523 g/mol. The molecule has 1 aromatic heterocycles. The number of para-hydroxylation sites is 1. The van der Waals surface area contributed by atoms with E-state index in [-0.39, 0.29) is 18.4 Å². The van der Waals surface area contributed by atoms with Crippen LogP contribution in [0.3, 0.4) is 0 Å². The third-order valence-electron chi connectivity index (χ3n) is 7.06. The van der Waals surface area contributed by atoms with Crippen molar-refractivity contribution < 1.29 is 19.4 Å². The number of aliphatic hydroxyl groups excluding tert-OH is 1. The van der Waals surface area contributed by atoms with Crippen LogP contribution >= 0.6 is 0 Å². The number of aromatic nitrogens is 1. The number of hydrogen-bond donors (Lipinski definition) is 4. The van der Waals surface area contributed by atoms with E-state index in [0.717, 1.165) is 52.4 Å². The number of H-pyrrole nitrogens is 1. The molecule has 0 saturated heterocycles. The molecule has 0 aliphatic carbocycles. The highest BCUT2D eigenvalue weighted by Crippen LogP contribution is 2.31. The molecule has 0 unspecified atom stereocenters. The minimum atomic E-state index is -0.454. The molecule has 39 heavy (non-hydrogen) atoms. The number of aryl methyl sites for hydroxylation is 1. The van der Waals surface area contributed by atoms with E-state index in [1.807, 2.05) is 66.9 Å². The number of amides is 2. The van der Waals surface area contributed by atoms with Crippen LogP contribution in [0.15, 0.2) is 66.9 Å². The molecule has 1 aliphatic heterocycles. The first kappa shape index (κ1) is 26.3. The van der Waals surface area contributed by atoms with Gasteiger partial charge < -0.3 is 25.5 Å². The summed E-state index contributed by atoms with van der Waals surface area (Å²) >= 11 is 0. The molecule has 3 aromatic carbocycles. The largest absolute Gasteiger partial charge is 0.492 e. The molecule has 7 nitrogen and oxygen atoms in total. The van der Waals surface area contributed by atoms with Crippen LogP contribution in [0.1, 0.15) is 55.8 Å². The van der Waals surface area contributed by atoms with Crippen LogP contribution in [-0.4, -0.2) is 48.2 Å². The average Bonchev–Trinajstić information content (AvgIpc) is 3.22. The van der Waals surface area contributed by atoms with E-state index in [2.05, 4.69) is 21.7 Å². The van der Waals surface area contributed by atoms with Crippen molar-refractivity contribution in [1.82, 2.24) is 15.6 Å². The quantitative estimate of drug-likeness (QED) is 0.250. The summed E-state index contributed by atoms with van der Waals surface area (Å²) < 4.78 is 6.05. The fraction of sp³-hybridized carbons (Fsp3) is 0.250. The standard InChI is InChI=1S/C32H33N3O4/c1-33-31(37)24-9-6-7-21(15-24)12-13-22-16-23-8-4-5-14-39-30(23)28(17-22)32(38)35-26(20-36)18-25-19-34-29-11-3-2-10-27(25)29/h2-3,6-7,9-13,15-17,19,26,34,36H,4-5,8,14,18,20H2,1H3,(H,33,37)(H,35,38)/t26-/m1/s1. The molecule has 200 valence electrons. The molecule has 0 bridgehead atoms. The van der Waals surface area contributed by atoms with Crippen molar-refractivity contribution >= 4 is 34.9 Å². The molecule has 4 N–H and O–H groups in total. The van der Waals surface area contributed by atoms with Crippen LogP contribution in [0.2, 0.25) is 0 Å². The van der Waals surface area contributed by atoms with Gasteiger partial charge in [-0.25, -0.2) is 0 Å². The number of carbonyl (C=O) groups is 2. The van der Waals surface area contributed by atoms with Crippen LogP contribution in [0.25, 0.3) is 23.1 Å². The number of rotatable bonds is 8. The van der Waals surface area contributed by atoms with Gasteiger partial charge in [-0.3, -0.25) is 9.59 Å². The maximum Gasteiger partial charge on any atom is 0.255 e. The second-order valence-corrected chi connectivity index (χ2v) is 9.82. The summed E-state index contributed by atoms with van der Waals surface area (Å²) in [6.45, 7) is 0.378. The SMILES string of the molecule is CNC(=O)c1cccc(C=Cc2cc3c(c(C(=O)N[C@@H](CO)Cc4c[nH]c5ccccc45)c2)OCCCC3)c1. The number of benzene rings is 3. The van der Waals surface area contributed by atoms with Gasteiger partial charge in [0.15, 0.2) is 0 Å². The molecule has 0 saturated carbocycles. The van der Waals surface area contributed by atoms with E-state index in [0.29, 0.717) is 29.9 Å². The van der Waals surface area contributed by atoms with Crippen LogP contribution in [0, 0.1) is 0 Å². The fourth-order valence-electron chi connectivity index (χ4n) is 5.04. The Balaban J connectivity index is 1.41. The summed E-state index contributed by atoms with van der Waals surface area (Å²) in [4.78, 5) is 28.9. The molecule has 4 aromatic rings. The summed E-state index contributed by atoms with van der Waals surface area (Å²) in [5.41, 5.74) is 5.85. The molecule has 0 fully saturated rings. The van der Waals surface area contributed by atoms with Gasteiger partial charge in [-0.15, -0.1) is 0 Å². The number of aromatic amines is 1. The second-order valence-electron chi connectivity index (χ2n) is 9.82. The van der Waals surface area contributed by atoms with Gasteiger partial charge in [0.25, 0.3) is 11.8 Å². The van der Waals surface area contributed by atoms with Gasteiger partial charge in [-0.05, 0) is 78.3 Å². The molecule has 5 rings (SSSR count). The number of fused-ring (bicyclic) bond motifs is 2. The van der Waals surface area contributed by atoms with Crippen molar-refractivity contribution in [2.45, 2.75) is 31.7 Å². The number of aliphatic hydroxyl groups is 1. The van der Waals surface area contributed by atoms with Gasteiger partial charge in [0.2, 0.25) is 0 Å². The number of carbonyl (C=O) groups excluding carboxylic acids is 2. The Morgan fingerprint density at radius 3 is 2.72 bits per heavy atom. The van der Waals surface area contributed by atoms with Crippen molar-refractivity contribution in [1.29, 1.82) is 0 Å². The van der Waals surface area contributed by atoms with Gasteiger partial charge >= 0.3 is 0 Å². The number of nitrogens with one attached hydrogen (secondary N) is 3. The molecule has 7 heteroatoms. The number of hydrogen-bond acceptors (Lipinski definition) is 4. The zero-order valence-electron chi connectivity index (χ0n) is 22.0. The zero-order valence-corrected chi connectivity index (χ0v) is 22.0. The van der Waals surface area contributed by atoms with Crippen LogP contribution in [-0.2, 0) is 12.8 Å². The molecule has 2 heterocycles. The molecular formula is C32H33N3O4. The lowest BCUT2D eigenvalue weighted by Gasteiger charge is -2.19. The Hall–Kier alpha value is -4.36. The van der Waals surface area contributed by atoms with Gasteiger partial charge in [0.1, 0.15) is 5.75 Å². The summed E-state index contributed by atoms with van der Waals surface area (Å²) in [6.07, 6.45) is 9.03. The highest BCUT2D eigenvalue weighted by molar-refractivity contribution is 5.99. The molecule has 0 spiro atoms. The van der Waals surface area contributed by atoms with Gasteiger partial charge in [-0.2, -0.15) is 0 Å².